The molecule has 0 aliphatic rings. The van der Waals surface area contributed by atoms with Crippen LogP contribution in [-0.4, -0.2) is 41.1 Å². The zero-order chi connectivity index (χ0) is 24.5. The summed E-state index contributed by atoms with van der Waals surface area (Å²) >= 11 is 0. The van der Waals surface area contributed by atoms with E-state index >= 15 is 0 Å². The summed E-state index contributed by atoms with van der Waals surface area (Å²) in [6.07, 6.45) is 12.4. The van der Waals surface area contributed by atoms with Gasteiger partial charge in [-0.25, -0.2) is 4.98 Å². The number of aromatic amines is 1. The van der Waals surface area contributed by atoms with Crippen LogP contribution in [0.4, 0.5) is 0 Å². The number of hydrogen-bond donors (Lipinski definition) is 1. The molecule has 35 heavy (non-hydrogen) atoms. The third kappa shape index (κ3) is 6.32. The second-order valence-electron chi connectivity index (χ2n) is 9.16. The predicted molar refractivity (Wildman–Crippen MR) is 150 cm³/mol. The van der Waals surface area contributed by atoms with Crippen molar-refractivity contribution in [2.45, 2.75) is 52.9 Å². The number of aromatic nitrogens is 2. The van der Waals surface area contributed by atoms with E-state index in [-0.39, 0.29) is 0 Å². The fourth-order valence-corrected chi connectivity index (χ4v) is 4.64. The van der Waals surface area contributed by atoms with Crippen molar-refractivity contribution in [2.24, 2.45) is 0 Å². The highest BCUT2D eigenvalue weighted by Gasteiger charge is 2.10. The molecule has 0 aliphatic heterocycles. The molecule has 0 spiro atoms. The smallest absolute Gasteiger partial charge is 0.138 e. The van der Waals surface area contributed by atoms with Crippen LogP contribution in [0.15, 0.2) is 60.8 Å². The lowest BCUT2D eigenvalue weighted by Crippen LogP contribution is -2.25. The Balaban J connectivity index is 1.50. The standard InChI is InChI=1S/C31H39N3O/c1-4-7-8-9-10-12-25-19-20-32-31-30(25)28-23-26(15-18-29(28)33-31)24-13-16-27(17-14-24)35-22-11-21-34(5-2)6-3/h10,12-20,23H,4-9,11,21-22H2,1-3H3,(H,32,33). The first-order valence-corrected chi connectivity index (χ1v) is 13.3. The SMILES string of the molecule is CCCCCC=Cc1ccnc2[nH]c3ccc(-c4ccc(OCCCN(CC)CC)cc4)cc3c12. The van der Waals surface area contributed by atoms with Crippen LogP contribution < -0.4 is 4.74 Å². The van der Waals surface area contributed by atoms with Crippen molar-refractivity contribution in [2.75, 3.05) is 26.2 Å². The summed E-state index contributed by atoms with van der Waals surface area (Å²) < 4.78 is 5.98. The summed E-state index contributed by atoms with van der Waals surface area (Å²) in [7, 11) is 0. The van der Waals surface area contributed by atoms with Gasteiger partial charge >= 0.3 is 0 Å². The summed E-state index contributed by atoms with van der Waals surface area (Å²) in [5.41, 5.74) is 5.69. The quantitative estimate of drug-likeness (QED) is 0.201. The first-order chi connectivity index (χ1) is 17.2. The third-order valence-electron chi connectivity index (χ3n) is 6.77. The van der Waals surface area contributed by atoms with Gasteiger partial charge in [0, 0.05) is 29.0 Å². The number of ether oxygens (including phenoxy) is 1. The highest BCUT2D eigenvalue weighted by Crippen LogP contribution is 2.32. The summed E-state index contributed by atoms with van der Waals surface area (Å²) in [4.78, 5) is 10.5. The zero-order valence-corrected chi connectivity index (χ0v) is 21.5. The normalized spacial score (nSPS) is 11.9. The van der Waals surface area contributed by atoms with Crippen LogP contribution in [0.2, 0.25) is 0 Å². The molecule has 2 aromatic carbocycles. The molecule has 1 N–H and O–H groups in total. The number of rotatable bonds is 13. The van der Waals surface area contributed by atoms with Gasteiger partial charge in [-0.15, -0.1) is 0 Å². The van der Waals surface area contributed by atoms with Crippen molar-refractivity contribution in [3.8, 4) is 16.9 Å². The second-order valence-corrected chi connectivity index (χ2v) is 9.16. The maximum atomic E-state index is 5.98. The van der Waals surface area contributed by atoms with E-state index in [0.29, 0.717) is 0 Å². The number of H-pyrrole nitrogens is 1. The molecule has 0 unspecified atom stereocenters. The molecule has 184 valence electrons. The van der Waals surface area contributed by atoms with Crippen molar-refractivity contribution in [1.29, 1.82) is 0 Å². The molecule has 0 fully saturated rings. The Bertz CT molecular complexity index is 1240. The summed E-state index contributed by atoms with van der Waals surface area (Å²) in [6, 6.07) is 17.2. The van der Waals surface area contributed by atoms with E-state index in [1.54, 1.807) is 0 Å². The average molecular weight is 470 g/mol. The van der Waals surface area contributed by atoms with Gasteiger partial charge in [-0.1, -0.05) is 64.0 Å². The Morgan fingerprint density at radius 2 is 1.71 bits per heavy atom. The number of nitrogens with zero attached hydrogens (tertiary/aromatic N) is 2. The lowest BCUT2D eigenvalue weighted by Gasteiger charge is -2.17. The number of pyridine rings is 1. The number of fused-ring (bicyclic) bond motifs is 3. The molecular formula is C31H39N3O. The number of allylic oxidation sites excluding steroid dienone is 1. The molecule has 4 aromatic rings. The Morgan fingerprint density at radius 3 is 2.49 bits per heavy atom. The van der Waals surface area contributed by atoms with E-state index in [0.717, 1.165) is 56.0 Å². The Kier molecular flexibility index (Phi) is 8.96. The molecule has 4 rings (SSSR count). The van der Waals surface area contributed by atoms with Crippen molar-refractivity contribution >= 4 is 28.0 Å². The minimum Gasteiger partial charge on any atom is -0.494 e. The fourth-order valence-electron chi connectivity index (χ4n) is 4.64. The van der Waals surface area contributed by atoms with Gasteiger partial charge in [-0.05, 0) is 79.4 Å². The monoisotopic (exact) mass is 469 g/mol. The van der Waals surface area contributed by atoms with Gasteiger partial charge in [-0.2, -0.15) is 0 Å². The first-order valence-electron chi connectivity index (χ1n) is 13.3. The van der Waals surface area contributed by atoms with Gasteiger partial charge in [-0.3, -0.25) is 0 Å². The Labute approximate surface area is 210 Å². The van der Waals surface area contributed by atoms with Gasteiger partial charge in [0.1, 0.15) is 11.4 Å². The van der Waals surface area contributed by atoms with Crippen molar-refractivity contribution in [3.63, 3.8) is 0 Å². The van der Waals surface area contributed by atoms with Crippen LogP contribution in [0.1, 0.15) is 58.4 Å². The maximum absolute atomic E-state index is 5.98. The number of nitrogens with one attached hydrogen (secondary N) is 1. The molecule has 0 bridgehead atoms. The summed E-state index contributed by atoms with van der Waals surface area (Å²) in [5.74, 6) is 0.932. The van der Waals surface area contributed by atoms with Crippen LogP contribution >= 0.6 is 0 Å². The Morgan fingerprint density at radius 1 is 0.914 bits per heavy atom. The number of hydrogen-bond acceptors (Lipinski definition) is 3. The molecule has 0 amide bonds. The molecule has 0 saturated heterocycles. The summed E-state index contributed by atoms with van der Waals surface area (Å²) in [6.45, 7) is 10.7. The van der Waals surface area contributed by atoms with Crippen LogP contribution in [0.5, 0.6) is 5.75 Å². The first kappa shape index (κ1) is 25.0. The van der Waals surface area contributed by atoms with Crippen LogP contribution in [0.25, 0.3) is 39.1 Å². The number of benzene rings is 2. The predicted octanol–water partition coefficient (Wildman–Crippen LogP) is 8.09. The van der Waals surface area contributed by atoms with Crippen molar-refractivity contribution in [3.05, 3.63) is 66.4 Å². The lowest BCUT2D eigenvalue weighted by atomic mass is 10.0. The molecule has 0 atom stereocenters. The molecule has 0 saturated carbocycles. The van der Waals surface area contributed by atoms with Gasteiger partial charge in [0.15, 0.2) is 0 Å². The van der Waals surface area contributed by atoms with Gasteiger partial charge in [0.2, 0.25) is 0 Å². The average Bonchev–Trinajstić information content (AvgIpc) is 3.28. The Hall–Kier alpha value is -3.11. The van der Waals surface area contributed by atoms with Gasteiger partial charge < -0.3 is 14.6 Å². The largest absolute Gasteiger partial charge is 0.494 e. The molecule has 2 aromatic heterocycles. The van der Waals surface area contributed by atoms with Crippen LogP contribution in [0.3, 0.4) is 0 Å². The van der Waals surface area contributed by atoms with E-state index in [1.807, 2.05) is 6.20 Å². The maximum Gasteiger partial charge on any atom is 0.138 e. The summed E-state index contributed by atoms with van der Waals surface area (Å²) in [5, 5.41) is 2.42. The van der Waals surface area contributed by atoms with Crippen molar-refractivity contribution in [1.82, 2.24) is 14.9 Å². The molecule has 2 heterocycles. The zero-order valence-electron chi connectivity index (χ0n) is 21.5. The van der Waals surface area contributed by atoms with Gasteiger partial charge in [0.05, 0.1) is 6.61 Å². The third-order valence-corrected chi connectivity index (χ3v) is 6.77. The van der Waals surface area contributed by atoms with E-state index in [1.165, 1.54) is 46.7 Å². The van der Waals surface area contributed by atoms with Crippen molar-refractivity contribution < 1.29 is 4.74 Å². The highest BCUT2D eigenvalue weighted by atomic mass is 16.5. The highest BCUT2D eigenvalue weighted by molar-refractivity contribution is 6.10. The topological polar surface area (TPSA) is 41.1 Å². The van der Waals surface area contributed by atoms with E-state index in [9.17, 15) is 0 Å². The molecule has 0 aliphatic carbocycles. The van der Waals surface area contributed by atoms with E-state index < -0.39 is 0 Å². The van der Waals surface area contributed by atoms with E-state index in [2.05, 4.69) is 96.3 Å². The minimum atomic E-state index is 0.749. The van der Waals surface area contributed by atoms with Gasteiger partial charge in [0.25, 0.3) is 0 Å². The second kappa shape index (κ2) is 12.6. The molecule has 4 heteroatoms. The lowest BCUT2D eigenvalue weighted by molar-refractivity contribution is 0.249. The minimum absolute atomic E-state index is 0.749. The molecule has 4 nitrogen and oxygen atoms in total. The molecule has 0 radical (unpaired) electrons. The number of unbranched alkanes of at least 4 members (excludes halogenated alkanes) is 3. The molecular weight excluding hydrogens is 430 g/mol. The van der Waals surface area contributed by atoms with Crippen LogP contribution in [0, 0.1) is 0 Å². The van der Waals surface area contributed by atoms with E-state index in [4.69, 9.17) is 4.74 Å². The fraction of sp³-hybridized carbons (Fsp3) is 0.387. The van der Waals surface area contributed by atoms with Crippen LogP contribution in [-0.2, 0) is 0 Å².